The van der Waals surface area contributed by atoms with Crippen LogP contribution >= 0.6 is 0 Å². The average molecular weight is 229 g/mol. The van der Waals surface area contributed by atoms with Crippen LogP contribution in [0, 0.1) is 11.3 Å². The first-order valence-corrected chi connectivity index (χ1v) is 6.82. The van der Waals surface area contributed by atoms with Gasteiger partial charge in [-0.1, -0.05) is 27.7 Å². The smallest absolute Gasteiger partial charge is 0.0466 e. The summed E-state index contributed by atoms with van der Waals surface area (Å²) in [5.74, 6) is 0.740. The second-order valence-corrected chi connectivity index (χ2v) is 5.49. The normalized spacial score (nSPS) is 15.4. The summed E-state index contributed by atoms with van der Waals surface area (Å²) in [4.78, 5) is 0. The molecule has 0 aliphatic carbocycles. The minimum atomic E-state index is 0.436. The highest BCUT2D eigenvalue weighted by Gasteiger charge is 2.20. The Labute approximate surface area is 102 Å². The molecule has 16 heavy (non-hydrogen) atoms. The Bertz CT molecular complexity index is 159. The predicted molar refractivity (Wildman–Crippen MR) is 71.8 cm³/mol. The van der Waals surface area contributed by atoms with Gasteiger partial charge in [0.15, 0.2) is 0 Å². The first-order chi connectivity index (χ1) is 7.54. The molecule has 0 aromatic rings. The summed E-state index contributed by atoms with van der Waals surface area (Å²) < 4.78 is 5.40. The van der Waals surface area contributed by atoms with Crippen LogP contribution in [0.25, 0.3) is 0 Å². The molecule has 0 aliphatic rings. The molecule has 0 radical (unpaired) electrons. The van der Waals surface area contributed by atoms with Crippen molar-refractivity contribution in [3.8, 4) is 0 Å². The van der Waals surface area contributed by atoms with E-state index in [9.17, 15) is 0 Å². The molecule has 0 bridgehead atoms. The number of hydrogen-bond acceptors (Lipinski definition) is 2. The van der Waals surface area contributed by atoms with Gasteiger partial charge in [0.2, 0.25) is 0 Å². The van der Waals surface area contributed by atoms with Crippen LogP contribution < -0.4 is 5.32 Å². The van der Waals surface area contributed by atoms with Crippen molar-refractivity contribution in [1.29, 1.82) is 0 Å². The number of hydrogen-bond donors (Lipinski definition) is 1. The fraction of sp³-hybridized carbons (Fsp3) is 1.00. The van der Waals surface area contributed by atoms with Crippen LogP contribution in [0.15, 0.2) is 0 Å². The lowest BCUT2D eigenvalue weighted by molar-refractivity contribution is 0.128. The van der Waals surface area contributed by atoms with Crippen LogP contribution in [0.5, 0.6) is 0 Å². The van der Waals surface area contributed by atoms with E-state index in [0.717, 1.165) is 32.2 Å². The summed E-state index contributed by atoms with van der Waals surface area (Å²) >= 11 is 0. The number of rotatable bonds is 10. The third-order valence-electron chi connectivity index (χ3n) is 3.23. The van der Waals surface area contributed by atoms with Gasteiger partial charge < -0.3 is 10.1 Å². The Kier molecular flexibility index (Phi) is 8.96. The highest BCUT2D eigenvalue weighted by atomic mass is 16.5. The van der Waals surface area contributed by atoms with E-state index in [2.05, 4.69) is 39.9 Å². The molecule has 1 atom stereocenters. The number of nitrogens with one attached hydrogen (secondary N) is 1. The molecular weight excluding hydrogens is 198 g/mol. The van der Waals surface area contributed by atoms with Crippen molar-refractivity contribution in [3.63, 3.8) is 0 Å². The van der Waals surface area contributed by atoms with E-state index in [0.29, 0.717) is 5.41 Å². The van der Waals surface area contributed by atoms with Gasteiger partial charge in [0.1, 0.15) is 0 Å². The highest BCUT2D eigenvalue weighted by Crippen LogP contribution is 2.26. The monoisotopic (exact) mass is 229 g/mol. The van der Waals surface area contributed by atoms with Crippen molar-refractivity contribution in [1.82, 2.24) is 5.32 Å². The fourth-order valence-electron chi connectivity index (χ4n) is 1.80. The van der Waals surface area contributed by atoms with E-state index >= 15 is 0 Å². The molecule has 0 spiro atoms. The van der Waals surface area contributed by atoms with Gasteiger partial charge in [-0.15, -0.1) is 0 Å². The molecule has 98 valence electrons. The van der Waals surface area contributed by atoms with E-state index in [1.165, 1.54) is 19.3 Å². The van der Waals surface area contributed by atoms with Crippen molar-refractivity contribution < 1.29 is 4.74 Å². The van der Waals surface area contributed by atoms with Crippen molar-refractivity contribution >= 4 is 0 Å². The van der Waals surface area contributed by atoms with E-state index in [1.54, 1.807) is 0 Å². The quantitative estimate of drug-likeness (QED) is 0.579. The first-order valence-electron chi connectivity index (χ1n) is 6.82. The standard InChI is InChI=1S/C14H31NO/c1-6-14(5,9-8-10-16-7-2)12-15-11-13(3)4/h13,15H,6-12H2,1-5H3. The molecule has 0 rings (SSSR count). The van der Waals surface area contributed by atoms with Crippen LogP contribution in [0.2, 0.25) is 0 Å². The Morgan fingerprint density at radius 1 is 1.25 bits per heavy atom. The van der Waals surface area contributed by atoms with Gasteiger partial charge in [-0.05, 0) is 44.1 Å². The maximum absolute atomic E-state index is 5.40. The van der Waals surface area contributed by atoms with Gasteiger partial charge in [0, 0.05) is 19.8 Å². The second-order valence-electron chi connectivity index (χ2n) is 5.49. The van der Waals surface area contributed by atoms with E-state index in [-0.39, 0.29) is 0 Å². The Morgan fingerprint density at radius 2 is 1.94 bits per heavy atom. The van der Waals surface area contributed by atoms with E-state index < -0.39 is 0 Å². The molecule has 0 amide bonds. The van der Waals surface area contributed by atoms with Gasteiger partial charge in [0.05, 0.1) is 0 Å². The summed E-state index contributed by atoms with van der Waals surface area (Å²) in [5.41, 5.74) is 0.436. The van der Waals surface area contributed by atoms with Gasteiger partial charge in [-0.3, -0.25) is 0 Å². The molecule has 0 aromatic heterocycles. The molecular formula is C14H31NO. The fourth-order valence-corrected chi connectivity index (χ4v) is 1.80. The summed E-state index contributed by atoms with van der Waals surface area (Å²) in [6.07, 6.45) is 3.68. The van der Waals surface area contributed by atoms with E-state index in [4.69, 9.17) is 4.74 Å². The van der Waals surface area contributed by atoms with Gasteiger partial charge in [-0.2, -0.15) is 0 Å². The summed E-state index contributed by atoms with van der Waals surface area (Å²) in [7, 11) is 0. The van der Waals surface area contributed by atoms with Crippen molar-refractivity contribution in [2.45, 2.75) is 53.9 Å². The molecule has 2 heteroatoms. The van der Waals surface area contributed by atoms with Crippen molar-refractivity contribution in [2.24, 2.45) is 11.3 Å². The predicted octanol–water partition coefficient (Wildman–Crippen LogP) is 3.47. The zero-order chi connectivity index (χ0) is 12.4. The first kappa shape index (κ1) is 15.9. The maximum Gasteiger partial charge on any atom is 0.0466 e. The molecule has 0 fully saturated rings. The molecule has 1 N–H and O–H groups in total. The minimum absolute atomic E-state index is 0.436. The number of ether oxygens (including phenoxy) is 1. The Morgan fingerprint density at radius 3 is 2.44 bits per heavy atom. The molecule has 1 unspecified atom stereocenters. The van der Waals surface area contributed by atoms with Crippen molar-refractivity contribution in [2.75, 3.05) is 26.3 Å². The third kappa shape index (κ3) is 8.12. The minimum Gasteiger partial charge on any atom is -0.382 e. The molecule has 2 nitrogen and oxygen atoms in total. The molecule has 0 saturated heterocycles. The summed E-state index contributed by atoms with van der Waals surface area (Å²) in [6, 6.07) is 0. The van der Waals surface area contributed by atoms with Gasteiger partial charge >= 0.3 is 0 Å². The maximum atomic E-state index is 5.40. The zero-order valence-electron chi connectivity index (χ0n) is 11.9. The van der Waals surface area contributed by atoms with Crippen LogP contribution in [-0.2, 0) is 4.74 Å². The molecule has 0 heterocycles. The lowest BCUT2D eigenvalue weighted by Crippen LogP contribution is -2.33. The van der Waals surface area contributed by atoms with Crippen LogP contribution in [-0.4, -0.2) is 26.3 Å². The third-order valence-corrected chi connectivity index (χ3v) is 3.23. The lowest BCUT2D eigenvalue weighted by atomic mass is 9.82. The zero-order valence-corrected chi connectivity index (χ0v) is 11.9. The van der Waals surface area contributed by atoms with Crippen LogP contribution in [0.4, 0.5) is 0 Å². The van der Waals surface area contributed by atoms with Crippen LogP contribution in [0.3, 0.4) is 0 Å². The SMILES string of the molecule is CCOCCCC(C)(CC)CNCC(C)C. The topological polar surface area (TPSA) is 21.3 Å². The highest BCUT2D eigenvalue weighted by molar-refractivity contribution is 4.75. The second kappa shape index (κ2) is 9.00. The van der Waals surface area contributed by atoms with E-state index in [1.807, 2.05) is 0 Å². The Balaban J connectivity index is 3.72. The lowest BCUT2D eigenvalue weighted by Gasteiger charge is -2.29. The van der Waals surface area contributed by atoms with Gasteiger partial charge in [0.25, 0.3) is 0 Å². The van der Waals surface area contributed by atoms with Crippen molar-refractivity contribution in [3.05, 3.63) is 0 Å². The molecule has 0 aromatic carbocycles. The average Bonchev–Trinajstić information content (AvgIpc) is 2.24. The Hall–Kier alpha value is -0.0800. The summed E-state index contributed by atoms with van der Waals surface area (Å²) in [6.45, 7) is 15.3. The molecule has 0 saturated carbocycles. The van der Waals surface area contributed by atoms with Crippen LogP contribution in [0.1, 0.15) is 53.9 Å². The molecule has 0 aliphatic heterocycles. The van der Waals surface area contributed by atoms with Gasteiger partial charge in [-0.25, -0.2) is 0 Å². The largest absolute Gasteiger partial charge is 0.382 e. The summed E-state index contributed by atoms with van der Waals surface area (Å²) in [5, 5.41) is 3.58.